The highest BCUT2D eigenvalue weighted by Crippen LogP contribution is 2.39. The van der Waals surface area contributed by atoms with E-state index in [0.29, 0.717) is 5.82 Å². The zero-order valence-corrected chi connectivity index (χ0v) is 24.4. The van der Waals surface area contributed by atoms with Crippen molar-refractivity contribution in [3.63, 3.8) is 0 Å². The molecular formula is C40H25FN2S. The third kappa shape index (κ3) is 4.96. The predicted octanol–water partition coefficient (Wildman–Crippen LogP) is 11.3. The lowest BCUT2D eigenvalue weighted by Crippen LogP contribution is -1.96. The highest BCUT2D eigenvalue weighted by molar-refractivity contribution is 7.25. The molecule has 6 aromatic carbocycles. The van der Waals surface area contributed by atoms with Gasteiger partial charge in [-0.1, -0.05) is 97.1 Å². The molecule has 0 atom stereocenters. The third-order valence-corrected chi connectivity index (χ3v) is 9.10. The average Bonchev–Trinajstić information content (AvgIpc) is 3.47. The Morgan fingerprint density at radius 2 is 0.955 bits per heavy atom. The molecule has 0 amide bonds. The molecule has 2 heterocycles. The monoisotopic (exact) mass is 584 g/mol. The summed E-state index contributed by atoms with van der Waals surface area (Å²) in [6.45, 7) is 0. The van der Waals surface area contributed by atoms with Crippen molar-refractivity contribution < 1.29 is 4.39 Å². The first-order chi connectivity index (χ1) is 21.7. The maximum absolute atomic E-state index is 13.9. The lowest BCUT2D eigenvalue weighted by Gasteiger charge is -2.13. The second kappa shape index (κ2) is 11.0. The number of nitrogens with zero attached hydrogens (tertiary/aromatic N) is 2. The van der Waals surface area contributed by atoms with Crippen LogP contribution in [0.1, 0.15) is 0 Å². The molecule has 2 aromatic heterocycles. The van der Waals surface area contributed by atoms with Crippen molar-refractivity contribution in [1.82, 2.24) is 9.97 Å². The standard InChI is InChI=1S/C40H25FN2S/c41-33-18-15-26(16-19-33)30-21-31(29-17-20-39-35(24-29)34-13-7-8-14-38(34)44-39)23-32(22-30)37-25-36(27-9-3-1-4-10-27)42-40(43-37)28-11-5-2-6-12-28/h1-25H. The van der Waals surface area contributed by atoms with Gasteiger partial charge in [0.05, 0.1) is 11.4 Å². The lowest BCUT2D eigenvalue weighted by molar-refractivity contribution is 0.628. The molecule has 44 heavy (non-hydrogen) atoms. The summed E-state index contributed by atoms with van der Waals surface area (Å²) < 4.78 is 16.5. The van der Waals surface area contributed by atoms with Gasteiger partial charge in [0, 0.05) is 36.9 Å². The van der Waals surface area contributed by atoms with E-state index in [9.17, 15) is 4.39 Å². The maximum atomic E-state index is 13.9. The van der Waals surface area contributed by atoms with Crippen LogP contribution in [0.15, 0.2) is 152 Å². The molecule has 0 aliphatic heterocycles. The molecule has 8 aromatic rings. The molecule has 0 fully saturated rings. The Morgan fingerprint density at radius 3 is 1.70 bits per heavy atom. The highest BCUT2D eigenvalue weighted by Gasteiger charge is 2.14. The summed E-state index contributed by atoms with van der Waals surface area (Å²) in [5, 5.41) is 2.51. The molecule has 0 aliphatic carbocycles. The fourth-order valence-corrected chi connectivity index (χ4v) is 6.81. The second-order valence-electron chi connectivity index (χ2n) is 10.8. The van der Waals surface area contributed by atoms with Crippen LogP contribution in [0.4, 0.5) is 4.39 Å². The van der Waals surface area contributed by atoms with Crippen molar-refractivity contribution >= 4 is 31.5 Å². The zero-order chi connectivity index (χ0) is 29.5. The number of fused-ring (bicyclic) bond motifs is 3. The van der Waals surface area contributed by atoms with Crippen molar-refractivity contribution in [3.8, 4) is 56.2 Å². The smallest absolute Gasteiger partial charge is 0.160 e. The molecule has 0 aliphatic rings. The third-order valence-electron chi connectivity index (χ3n) is 7.94. The molecule has 0 saturated heterocycles. The van der Waals surface area contributed by atoms with E-state index in [0.717, 1.165) is 50.3 Å². The van der Waals surface area contributed by atoms with E-state index >= 15 is 0 Å². The largest absolute Gasteiger partial charge is 0.228 e. The molecule has 2 nitrogen and oxygen atoms in total. The highest BCUT2D eigenvalue weighted by atomic mass is 32.1. The normalized spacial score (nSPS) is 11.3. The molecule has 4 heteroatoms. The Kier molecular flexibility index (Phi) is 6.55. The fourth-order valence-electron chi connectivity index (χ4n) is 5.73. The number of thiophene rings is 1. The van der Waals surface area contributed by atoms with Crippen LogP contribution in [-0.4, -0.2) is 9.97 Å². The van der Waals surface area contributed by atoms with Crippen molar-refractivity contribution in [1.29, 1.82) is 0 Å². The number of hydrogen-bond acceptors (Lipinski definition) is 3. The molecule has 0 saturated carbocycles. The molecule has 0 radical (unpaired) electrons. The summed E-state index contributed by atoms with van der Waals surface area (Å²) in [5.74, 6) is 0.414. The topological polar surface area (TPSA) is 25.8 Å². The summed E-state index contributed by atoms with van der Waals surface area (Å²) in [6, 6.07) is 50.8. The summed E-state index contributed by atoms with van der Waals surface area (Å²) >= 11 is 1.81. The quantitative estimate of drug-likeness (QED) is 0.201. The van der Waals surface area contributed by atoms with Crippen LogP contribution in [0.2, 0.25) is 0 Å². The van der Waals surface area contributed by atoms with Gasteiger partial charge in [-0.25, -0.2) is 14.4 Å². The van der Waals surface area contributed by atoms with Crippen molar-refractivity contribution in [2.45, 2.75) is 0 Å². The Morgan fingerprint density at radius 1 is 0.386 bits per heavy atom. The van der Waals surface area contributed by atoms with Gasteiger partial charge in [0.1, 0.15) is 5.82 Å². The van der Waals surface area contributed by atoms with Crippen LogP contribution in [0, 0.1) is 5.82 Å². The van der Waals surface area contributed by atoms with Crippen LogP contribution in [0.25, 0.3) is 76.3 Å². The predicted molar refractivity (Wildman–Crippen MR) is 182 cm³/mol. The molecule has 208 valence electrons. The van der Waals surface area contributed by atoms with Gasteiger partial charge >= 0.3 is 0 Å². The number of hydrogen-bond donors (Lipinski definition) is 0. The van der Waals surface area contributed by atoms with Crippen LogP contribution < -0.4 is 0 Å². The molecule has 0 spiro atoms. The summed E-state index contributed by atoms with van der Waals surface area (Å²) in [6.07, 6.45) is 0. The van der Waals surface area contributed by atoms with E-state index < -0.39 is 0 Å². The first-order valence-electron chi connectivity index (χ1n) is 14.5. The lowest BCUT2D eigenvalue weighted by atomic mass is 9.94. The first kappa shape index (κ1) is 26.2. The maximum Gasteiger partial charge on any atom is 0.160 e. The first-order valence-corrected chi connectivity index (χ1v) is 15.3. The summed E-state index contributed by atoms with van der Waals surface area (Å²) in [5.41, 5.74) is 8.75. The molecular weight excluding hydrogens is 560 g/mol. The number of halogens is 1. The van der Waals surface area contributed by atoms with Gasteiger partial charge in [-0.15, -0.1) is 11.3 Å². The zero-order valence-electron chi connectivity index (χ0n) is 23.6. The van der Waals surface area contributed by atoms with Gasteiger partial charge in [-0.3, -0.25) is 0 Å². The van der Waals surface area contributed by atoms with E-state index in [1.54, 1.807) is 0 Å². The number of aromatic nitrogens is 2. The minimum Gasteiger partial charge on any atom is -0.228 e. The van der Waals surface area contributed by atoms with E-state index in [1.807, 2.05) is 72.0 Å². The van der Waals surface area contributed by atoms with Gasteiger partial charge in [0.2, 0.25) is 0 Å². The summed E-state index contributed by atoms with van der Waals surface area (Å²) in [4.78, 5) is 10.1. The second-order valence-corrected chi connectivity index (χ2v) is 11.9. The fraction of sp³-hybridized carbons (Fsp3) is 0. The van der Waals surface area contributed by atoms with E-state index in [4.69, 9.17) is 9.97 Å². The van der Waals surface area contributed by atoms with Gasteiger partial charge in [0.25, 0.3) is 0 Å². The van der Waals surface area contributed by atoms with Gasteiger partial charge in [-0.2, -0.15) is 0 Å². The SMILES string of the molecule is Fc1ccc(-c2cc(-c3ccc4sc5ccccc5c4c3)cc(-c3cc(-c4ccccc4)nc(-c4ccccc4)n3)c2)cc1. The van der Waals surface area contributed by atoms with Crippen LogP contribution in [0.5, 0.6) is 0 Å². The van der Waals surface area contributed by atoms with Gasteiger partial charge in [0.15, 0.2) is 5.82 Å². The Bertz CT molecular complexity index is 2220. The Balaban J connectivity index is 1.35. The van der Waals surface area contributed by atoms with E-state index in [-0.39, 0.29) is 5.82 Å². The molecule has 0 bridgehead atoms. The summed E-state index contributed by atoms with van der Waals surface area (Å²) in [7, 11) is 0. The van der Waals surface area contributed by atoms with Crippen LogP contribution >= 0.6 is 11.3 Å². The number of rotatable bonds is 5. The van der Waals surface area contributed by atoms with Crippen LogP contribution in [-0.2, 0) is 0 Å². The molecule has 8 rings (SSSR count). The van der Waals surface area contributed by atoms with Gasteiger partial charge < -0.3 is 0 Å². The Hall–Kier alpha value is -5.45. The Labute approximate surface area is 258 Å². The average molecular weight is 585 g/mol. The minimum atomic E-state index is -0.254. The van der Waals surface area contributed by atoms with E-state index in [1.165, 1.54) is 32.3 Å². The number of benzene rings is 6. The van der Waals surface area contributed by atoms with E-state index in [2.05, 4.69) is 78.9 Å². The van der Waals surface area contributed by atoms with Gasteiger partial charge in [-0.05, 0) is 76.9 Å². The van der Waals surface area contributed by atoms with Crippen molar-refractivity contribution in [3.05, 3.63) is 157 Å². The van der Waals surface area contributed by atoms with Crippen molar-refractivity contribution in [2.24, 2.45) is 0 Å². The molecule has 0 unspecified atom stereocenters. The van der Waals surface area contributed by atoms with Crippen molar-refractivity contribution in [2.75, 3.05) is 0 Å². The minimum absolute atomic E-state index is 0.254. The molecule has 0 N–H and O–H groups in total. The van der Waals surface area contributed by atoms with Crippen LogP contribution in [0.3, 0.4) is 0 Å².